The lowest BCUT2D eigenvalue weighted by molar-refractivity contribution is 0.224. The summed E-state index contributed by atoms with van der Waals surface area (Å²) in [4.78, 5) is 14.6. The number of likely N-dealkylation sites (tertiary alicyclic amines) is 1. The predicted octanol–water partition coefficient (Wildman–Crippen LogP) is 4.66. The molecule has 4 rings (SSSR count). The van der Waals surface area contributed by atoms with Gasteiger partial charge < -0.3 is 10.2 Å². The number of piperidine rings is 1. The van der Waals surface area contributed by atoms with Gasteiger partial charge in [0.2, 0.25) is 0 Å². The molecular formula is C24H30N4O. The Kier molecular flexibility index (Phi) is 6.57. The number of aromatic nitrogens is 2. The van der Waals surface area contributed by atoms with E-state index in [0.29, 0.717) is 5.39 Å². The fourth-order valence-corrected chi connectivity index (χ4v) is 4.16. The second-order valence-corrected chi connectivity index (χ2v) is 7.92. The third-order valence-electron chi connectivity index (χ3n) is 5.76. The van der Waals surface area contributed by atoms with Gasteiger partial charge in [-0.3, -0.25) is 4.79 Å². The summed E-state index contributed by atoms with van der Waals surface area (Å²) < 4.78 is 0. The van der Waals surface area contributed by atoms with Gasteiger partial charge in [0.05, 0.1) is 11.1 Å². The van der Waals surface area contributed by atoms with Gasteiger partial charge in [-0.25, -0.2) is 5.10 Å². The van der Waals surface area contributed by atoms with Crippen molar-refractivity contribution in [3.8, 4) is 11.3 Å². The Balaban J connectivity index is 1.32. The number of fused-ring (bicyclic) bond motifs is 1. The maximum Gasteiger partial charge on any atom is 0.272 e. The molecule has 5 nitrogen and oxygen atoms in total. The van der Waals surface area contributed by atoms with Gasteiger partial charge in [-0.15, -0.1) is 0 Å². The Morgan fingerprint density at radius 3 is 2.62 bits per heavy atom. The van der Waals surface area contributed by atoms with E-state index in [-0.39, 0.29) is 5.56 Å². The van der Waals surface area contributed by atoms with Crippen molar-refractivity contribution in [1.82, 2.24) is 15.1 Å². The van der Waals surface area contributed by atoms with Crippen molar-refractivity contribution >= 4 is 16.5 Å². The van der Waals surface area contributed by atoms with Crippen LogP contribution >= 0.6 is 0 Å². The molecule has 1 aliphatic heterocycles. The average Bonchev–Trinajstić information content (AvgIpc) is 2.77. The summed E-state index contributed by atoms with van der Waals surface area (Å²) in [6.45, 7) is 4.81. The van der Waals surface area contributed by atoms with Crippen LogP contribution in [0.2, 0.25) is 0 Å². The SMILES string of the molecule is O=c1[nH]nc(-c2cccc(NCCCCCN3CCCCC3)c2)c2ccccc12. The van der Waals surface area contributed by atoms with Gasteiger partial charge in [-0.1, -0.05) is 43.2 Å². The molecule has 1 fully saturated rings. The number of rotatable bonds is 8. The molecule has 0 spiro atoms. The predicted molar refractivity (Wildman–Crippen MR) is 120 cm³/mol. The summed E-state index contributed by atoms with van der Waals surface area (Å²) in [5.74, 6) is 0. The molecule has 1 aromatic heterocycles. The topological polar surface area (TPSA) is 61.0 Å². The second kappa shape index (κ2) is 9.70. The van der Waals surface area contributed by atoms with Crippen LogP contribution in [0.1, 0.15) is 38.5 Å². The Morgan fingerprint density at radius 1 is 0.931 bits per heavy atom. The standard InChI is InChI=1S/C24H30N4O/c29-24-22-13-4-3-12-21(22)23(26-27-24)19-10-9-11-20(18-19)25-14-5-1-6-15-28-16-7-2-8-17-28/h3-4,9-13,18,25H,1-2,5-8,14-17H2,(H,27,29). The van der Waals surface area contributed by atoms with Crippen LogP contribution in [-0.2, 0) is 0 Å². The lowest BCUT2D eigenvalue weighted by Crippen LogP contribution is -2.30. The summed E-state index contributed by atoms with van der Waals surface area (Å²) >= 11 is 0. The van der Waals surface area contributed by atoms with E-state index in [9.17, 15) is 4.79 Å². The number of benzene rings is 2. The number of unbranched alkanes of at least 4 members (excludes halogenated alkanes) is 2. The Hall–Kier alpha value is -2.66. The third kappa shape index (κ3) is 5.04. The first-order chi connectivity index (χ1) is 14.3. The zero-order chi connectivity index (χ0) is 19.9. The van der Waals surface area contributed by atoms with Crippen molar-refractivity contribution in [3.05, 3.63) is 58.9 Å². The molecule has 0 atom stereocenters. The third-order valence-corrected chi connectivity index (χ3v) is 5.76. The highest BCUT2D eigenvalue weighted by atomic mass is 16.1. The fourth-order valence-electron chi connectivity index (χ4n) is 4.16. The molecule has 0 saturated carbocycles. The van der Waals surface area contributed by atoms with Crippen molar-refractivity contribution in [2.45, 2.75) is 38.5 Å². The van der Waals surface area contributed by atoms with Gasteiger partial charge in [-0.05, 0) is 63.5 Å². The molecule has 2 aromatic carbocycles. The first-order valence-electron chi connectivity index (χ1n) is 10.9. The molecule has 0 bridgehead atoms. The lowest BCUT2D eigenvalue weighted by Gasteiger charge is -2.26. The van der Waals surface area contributed by atoms with E-state index >= 15 is 0 Å². The van der Waals surface area contributed by atoms with E-state index < -0.39 is 0 Å². The highest BCUT2D eigenvalue weighted by molar-refractivity contribution is 5.94. The van der Waals surface area contributed by atoms with Crippen molar-refractivity contribution in [1.29, 1.82) is 0 Å². The van der Waals surface area contributed by atoms with E-state index in [0.717, 1.165) is 28.9 Å². The molecule has 5 heteroatoms. The average molecular weight is 391 g/mol. The Morgan fingerprint density at radius 2 is 1.76 bits per heavy atom. The number of hydrogen-bond donors (Lipinski definition) is 2. The van der Waals surface area contributed by atoms with Crippen LogP contribution in [0.5, 0.6) is 0 Å². The monoisotopic (exact) mass is 390 g/mol. The number of nitrogens with zero attached hydrogens (tertiary/aromatic N) is 2. The Labute approximate surface area is 172 Å². The van der Waals surface area contributed by atoms with Crippen LogP contribution in [0, 0.1) is 0 Å². The van der Waals surface area contributed by atoms with Gasteiger partial charge in [0.15, 0.2) is 0 Å². The number of hydrogen-bond acceptors (Lipinski definition) is 4. The van der Waals surface area contributed by atoms with E-state index in [4.69, 9.17) is 0 Å². The van der Waals surface area contributed by atoms with E-state index in [1.54, 1.807) is 0 Å². The maximum absolute atomic E-state index is 12.0. The normalized spacial score (nSPS) is 14.9. The fraction of sp³-hybridized carbons (Fsp3) is 0.417. The molecule has 1 saturated heterocycles. The number of aromatic amines is 1. The van der Waals surface area contributed by atoms with Crippen molar-refractivity contribution < 1.29 is 0 Å². The second-order valence-electron chi connectivity index (χ2n) is 7.92. The maximum atomic E-state index is 12.0. The van der Waals surface area contributed by atoms with Gasteiger partial charge in [0.25, 0.3) is 5.56 Å². The van der Waals surface area contributed by atoms with Crippen LogP contribution in [0.25, 0.3) is 22.0 Å². The number of nitrogens with one attached hydrogen (secondary N) is 2. The molecule has 1 aliphatic rings. The number of anilines is 1. The quantitative estimate of drug-likeness (QED) is 0.549. The summed E-state index contributed by atoms with van der Waals surface area (Å²) in [7, 11) is 0. The van der Waals surface area contributed by atoms with Crippen molar-refractivity contribution in [3.63, 3.8) is 0 Å². The highest BCUT2D eigenvalue weighted by Gasteiger charge is 2.10. The zero-order valence-corrected chi connectivity index (χ0v) is 17.0. The van der Waals surface area contributed by atoms with Crippen molar-refractivity contribution in [2.24, 2.45) is 0 Å². The molecule has 29 heavy (non-hydrogen) atoms. The molecule has 2 N–H and O–H groups in total. The van der Waals surface area contributed by atoms with Crippen LogP contribution in [0.15, 0.2) is 53.3 Å². The molecule has 2 heterocycles. The Bertz CT molecular complexity index is 991. The van der Waals surface area contributed by atoms with Crippen LogP contribution in [0.3, 0.4) is 0 Å². The molecule has 152 valence electrons. The summed E-state index contributed by atoms with van der Waals surface area (Å²) in [6, 6.07) is 15.9. The lowest BCUT2D eigenvalue weighted by atomic mass is 10.0. The molecule has 0 unspecified atom stereocenters. The molecule has 0 amide bonds. The smallest absolute Gasteiger partial charge is 0.272 e. The molecule has 3 aromatic rings. The zero-order valence-electron chi connectivity index (χ0n) is 17.0. The first-order valence-corrected chi connectivity index (χ1v) is 10.9. The van der Waals surface area contributed by atoms with Gasteiger partial charge in [-0.2, -0.15) is 5.10 Å². The van der Waals surface area contributed by atoms with Crippen LogP contribution in [0.4, 0.5) is 5.69 Å². The van der Waals surface area contributed by atoms with Gasteiger partial charge in [0.1, 0.15) is 0 Å². The number of H-pyrrole nitrogens is 1. The first kappa shape index (κ1) is 19.6. The summed E-state index contributed by atoms with van der Waals surface area (Å²) in [5.41, 5.74) is 2.76. The van der Waals surface area contributed by atoms with E-state index in [1.807, 2.05) is 36.4 Å². The van der Waals surface area contributed by atoms with Gasteiger partial charge in [0, 0.05) is 23.2 Å². The van der Waals surface area contributed by atoms with Crippen molar-refractivity contribution in [2.75, 3.05) is 31.5 Å². The molecule has 0 aliphatic carbocycles. The minimum absolute atomic E-state index is 0.150. The minimum Gasteiger partial charge on any atom is -0.385 e. The van der Waals surface area contributed by atoms with Crippen LogP contribution < -0.4 is 10.9 Å². The molecule has 0 radical (unpaired) electrons. The van der Waals surface area contributed by atoms with Crippen LogP contribution in [-0.4, -0.2) is 41.3 Å². The minimum atomic E-state index is -0.150. The largest absolute Gasteiger partial charge is 0.385 e. The van der Waals surface area contributed by atoms with E-state index in [1.165, 1.54) is 58.2 Å². The van der Waals surface area contributed by atoms with Gasteiger partial charge >= 0.3 is 0 Å². The summed E-state index contributed by atoms with van der Waals surface area (Å²) in [5, 5.41) is 12.0. The summed E-state index contributed by atoms with van der Waals surface area (Å²) in [6.07, 6.45) is 7.88. The van der Waals surface area contributed by atoms with E-state index in [2.05, 4.69) is 32.5 Å². The highest BCUT2D eigenvalue weighted by Crippen LogP contribution is 2.26. The molecular weight excluding hydrogens is 360 g/mol.